The fraction of sp³-hybridized carbons (Fsp3) is 0.550. The summed E-state index contributed by atoms with van der Waals surface area (Å²) in [5.74, 6) is 1.45. The highest BCUT2D eigenvalue weighted by Crippen LogP contribution is 2.22. The van der Waals surface area contributed by atoms with Gasteiger partial charge in [0.15, 0.2) is 5.82 Å². The molecule has 0 N–H and O–H groups in total. The van der Waals surface area contributed by atoms with Crippen molar-refractivity contribution < 1.29 is 13.7 Å². The van der Waals surface area contributed by atoms with Crippen LogP contribution in [0.2, 0.25) is 0 Å². The molecule has 0 radical (unpaired) electrons. The number of amides is 1. The fourth-order valence-corrected chi connectivity index (χ4v) is 3.43. The highest BCUT2D eigenvalue weighted by molar-refractivity contribution is 5.77. The zero-order valence-electron chi connectivity index (χ0n) is 16.2. The molecule has 0 bridgehead atoms. The number of halogens is 1. The SMILES string of the molecule is CCc1noc(CN2CCC(=O)N(Cc3ccc(F)cc3)[C@@H](C(C)C)C2)n1. The van der Waals surface area contributed by atoms with Gasteiger partial charge in [-0.2, -0.15) is 4.98 Å². The van der Waals surface area contributed by atoms with Crippen molar-refractivity contribution in [3.63, 3.8) is 0 Å². The summed E-state index contributed by atoms with van der Waals surface area (Å²) in [7, 11) is 0. The monoisotopic (exact) mass is 374 g/mol. The predicted octanol–water partition coefficient (Wildman–Crippen LogP) is 3.03. The van der Waals surface area contributed by atoms with E-state index >= 15 is 0 Å². The van der Waals surface area contributed by atoms with Gasteiger partial charge < -0.3 is 9.42 Å². The van der Waals surface area contributed by atoms with Gasteiger partial charge in [0.25, 0.3) is 0 Å². The first-order valence-corrected chi connectivity index (χ1v) is 9.54. The first kappa shape index (κ1) is 19.5. The van der Waals surface area contributed by atoms with E-state index in [1.807, 2.05) is 11.8 Å². The van der Waals surface area contributed by atoms with Gasteiger partial charge in [-0.05, 0) is 23.6 Å². The van der Waals surface area contributed by atoms with Crippen molar-refractivity contribution in [2.75, 3.05) is 13.1 Å². The number of benzene rings is 1. The summed E-state index contributed by atoms with van der Waals surface area (Å²) >= 11 is 0. The quantitative estimate of drug-likeness (QED) is 0.778. The van der Waals surface area contributed by atoms with Crippen molar-refractivity contribution in [3.05, 3.63) is 47.4 Å². The Hall–Kier alpha value is -2.28. The van der Waals surface area contributed by atoms with Crippen molar-refractivity contribution in [2.45, 2.75) is 52.7 Å². The lowest BCUT2D eigenvalue weighted by molar-refractivity contribution is -0.134. The summed E-state index contributed by atoms with van der Waals surface area (Å²) in [6.07, 6.45) is 1.18. The molecule has 0 spiro atoms. The van der Waals surface area contributed by atoms with E-state index in [9.17, 15) is 9.18 Å². The van der Waals surface area contributed by atoms with E-state index in [4.69, 9.17) is 4.52 Å². The molecule has 7 heteroatoms. The van der Waals surface area contributed by atoms with E-state index in [0.29, 0.717) is 43.7 Å². The van der Waals surface area contributed by atoms with Crippen molar-refractivity contribution in [3.8, 4) is 0 Å². The summed E-state index contributed by atoms with van der Waals surface area (Å²) in [4.78, 5) is 21.3. The Bertz CT molecular complexity index is 760. The molecule has 1 fully saturated rings. The Morgan fingerprint density at radius 2 is 2.00 bits per heavy atom. The van der Waals surface area contributed by atoms with E-state index in [2.05, 4.69) is 28.9 Å². The highest BCUT2D eigenvalue weighted by Gasteiger charge is 2.32. The molecule has 0 saturated carbocycles. The van der Waals surface area contributed by atoms with Crippen LogP contribution in [0.1, 0.15) is 44.5 Å². The van der Waals surface area contributed by atoms with Crippen LogP contribution in [0.25, 0.3) is 0 Å². The Morgan fingerprint density at radius 3 is 2.63 bits per heavy atom. The maximum atomic E-state index is 13.2. The molecular formula is C20H27FN4O2. The first-order chi connectivity index (χ1) is 13.0. The Kier molecular flexibility index (Phi) is 6.21. The lowest BCUT2D eigenvalue weighted by Gasteiger charge is -2.34. The third kappa shape index (κ3) is 4.91. The van der Waals surface area contributed by atoms with Crippen LogP contribution in [-0.2, 0) is 24.3 Å². The average molecular weight is 374 g/mol. The number of hydrogen-bond acceptors (Lipinski definition) is 5. The maximum Gasteiger partial charge on any atom is 0.240 e. The van der Waals surface area contributed by atoms with E-state index < -0.39 is 0 Å². The van der Waals surface area contributed by atoms with Crippen molar-refractivity contribution >= 4 is 5.91 Å². The molecule has 0 unspecified atom stereocenters. The predicted molar refractivity (Wildman–Crippen MR) is 99.1 cm³/mol. The largest absolute Gasteiger partial charge is 0.338 e. The zero-order valence-corrected chi connectivity index (χ0v) is 16.2. The lowest BCUT2D eigenvalue weighted by Crippen LogP contribution is -2.45. The first-order valence-electron chi connectivity index (χ1n) is 9.54. The minimum Gasteiger partial charge on any atom is -0.338 e. The summed E-state index contributed by atoms with van der Waals surface area (Å²) in [6.45, 7) is 8.69. The van der Waals surface area contributed by atoms with Gasteiger partial charge >= 0.3 is 0 Å². The Morgan fingerprint density at radius 1 is 1.26 bits per heavy atom. The number of aryl methyl sites for hydroxylation is 1. The number of rotatable bonds is 6. The summed E-state index contributed by atoms with van der Waals surface area (Å²) < 4.78 is 18.5. The number of carbonyl (C=O) groups excluding carboxylic acids is 1. The number of hydrogen-bond donors (Lipinski definition) is 0. The molecule has 2 aromatic rings. The molecule has 1 aromatic carbocycles. The van der Waals surface area contributed by atoms with Crippen molar-refractivity contribution in [2.24, 2.45) is 5.92 Å². The second-order valence-corrected chi connectivity index (χ2v) is 7.40. The van der Waals surface area contributed by atoms with Crippen LogP contribution >= 0.6 is 0 Å². The number of carbonyl (C=O) groups is 1. The molecule has 27 heavy (non-hydrogen) atoms. The van der Waals surface area contributed by atoms with Crippen molar-refractivity contribution in [1.82, 2.24) is 19.9 Å². The van der Waals surface area contributed by atoms with Crippen LogP contribution in [0.4, 0.5) is 4.39 Å². The zero-order chi connectivity index (χ0) is 19.4. The normalized spacial score (nSPS) is 18.9. The standard InChI is InChI=1S/C20H27FN4O2/c1-4-18-22-19(27-23-18)13-24-10-9-20(26)25(17(12-24)14(2)3)11-15-5-7-16(21)8-6-15/h5-8,14,17H,4,9-13H2,1-3H3/t17-/m1/s1. The van der Waals surface area contributed by atoms with Gasteiger partial charge in [0.1, 0.15) is 5.82 Å². The molecule has 146 valence electrons. The highest BCUT2D eigenvalue weighted by atomic mass is 19.1. The van der Waals surface area contributed by atoms with Crippen LogP contribution in [0.3, 0.4) is 0 Å². The van der Waals surface area contributed by atoms with Gasteiger partial charge in [-0.15, -0.1) is 0 Å². The van der Waals surface area contributed by atoms with Crippen LogP contribution in [-0.4, -0.2) is 45.0 Å². The molecule has 6 nitrogen and oxygen atoms in total. The number of aromatic nitrogens is 2. The van der Waals surface area contributed by atoms with Crippen LogP contribution in [0.15, 0.2) is 28.8 Å². The van der Waals surface area contributed by atoms with Gasteiger partial charge in [0.2, 0.25) is 11.8 Å². The van der Waals surface area contributed by atoms with Gasteiger partial charge in [-0.1, -0.05) is 38.1 Å². The molecule has 1 saturated heterocycles. The second kappa shape index (κ2) is 8.61. The minimum absolute atomic E-state index is 0.0682. The fourth-order valence-electron chi connectivity index (χ4n) is 3.43. The van der Waals surface area contributed by atoms with E-state index in [-0.39, 0.29) is 17.8 Å². The molecule has 0 aliphatic carbocycles. The van der Waals surface area contributed by atoms with E-state index in [1.165, 1.54) is 12.1 Å². The van der Waals surface area contributed by atoms with Crippen molar-refractivity contribution in [1.29, 1.82) is 0 Å². The summed E-state index contributed by atoms with van der Waals surface area (Å²) in [6, 6.07) is 6.43. The molecule has 1 aromatic heterocycles. The van der Waals surface area contributed by atoms with Gasteiger partial charge in [-0.25, -0.2) is 4.39 Å². The van der Waals surface area contributed by atoms with E-state index in [1.54, 1.807) is 12.1 Å². The topological polar surface area (TPSA) is 62.5 Å². The molecule has 3 rings (SSSR count). The van der Waals surface area contributed by atoms with Gasteiger partial charge in [-0.3, -0.25) is 9.69 Å². The van der Waals surface area contributed by atoms with Crippen LogP contribution < -0.4 is 0 Å². The Balaban J connectivity index is 1.74. The van der Waals surface area contributed by atoms with Crippen LogP contribution in [0, 0.1) is 11.7 Å². The molecular weight excluding hydrogens is 347 g/mol. The average Bonchev–Trinajstić information content (AvgIpc) is 3.04. The number of nitrogens with zero attached hydrogens (tertiary/aromatic N) is 4. The molecule has 1 aliphatic heterocycles. The summed E-state index contributed by atoms with van der Waals surface area (Å²) in [5, 5.41) is 3.95. The molecule has 1 aliphatic rings. The molecule has 1 amide bonds. The smallest absolute Gasteiger partial charge is 0.240 e. The Labute approximate surface area is 159 Å². The third-order valence-corrected chi connectivity index (χ3v) is 5.03. The summed E-state index contributed by atoms with van der Waals surface area (Å²) in [5.41, 5.74) is 0.938. The minimum atomic E-state index is -0.265. The maximum absolute atomic E-state index is 13.2. The molecule has 1 atom stereocenters. The van der Waals surface area contributed by atoms with Gasteiger partial charge in [0, 0.05) is 38.5 Å². The van der Waals surface area contributed by atoms with E-state index in [0.717, 1.165) is 18.5 Å². The van der Waals surface area contributed by atoms with Gasteiger partial charge in [0.05, 0.1) is 6.54 Å². The lowest BCUT2D eigenvalue weighted by atomic mass is 10.0. The third-order valence-electron chi connectivity index (χ3n) is 5.03. The van der Waals surface area contributed by atoms with Crippen LogP contribution in [0.5, 0.6) is 0 Å². The molecule has 2 heterocycles. The second-order valence-electron chi connectivity index (χ2n) is 7.40.